The number of carbonyl (C=O) groups is 2. The van der Waals surface area contributed by atoms with E-state index in [0.29, 0.717) is 19.4 Å². The number of thiophene rings is 1. The van der Waals surface area contributed by atoms with Crippen molar-refractivity contribution in [1.82, 2.24) is 0 Å². The number of piperidine rings is 1. The van der Waals surface area contributed by atoms with E-state index in [1.165, 1.54) is 4.88 Å². The second-order valence-electron chi connectivity index (χ2n) is 8.65. The van der Waals surface area contributed by atoms with Gasteiger partial charge in [-0.25, -0.2) is 4.79 Å². The number of rotatable bonds is 9. The number of aryl methyl sites for hydroxylation is 1. The highest BCUT2D eigenvalue weighted by Gasteiger charge is 2.29. The van der Waals surface area contributed by atoms with Crippen LogP contribution in [-0.2, 0) is 22.6 Å². The van der Waals surface area contributed by atoms with Crippen molar-refractivity contribution in [3.05, 3.63) is 87.1 Å². The first-order chi connectivity index (χ1) is 16.4. The summed E-state index contributed by atoms with van der Waals surface area (Å²) >= 11 is 1.69. The van der Waals surface area contributed by atoms with E-state index in [1.54, 1.807) is 34.4 Å². The fourth-order valence-electron chi connectivity index (χ4n) is 4.32. The maximum Gasteiger partial charge on any atom is 0.335 e. The van der Waals surface area contributed by atoms with Gasteiger partial charge in [0.25, 0.3) is 0 Å². The molecule has 2 atom stereocenters. The molecule has 0 aliphatic carbocycles. The van der Waals surface area contributed by atoms with Crippen molar-refractivity contribution < 1.29 is 24.5 Å². The number of hydrogen-bond donors (Lipinski definition) is 2. The molecule has 6 nitrogen and oxygen atoms in total. The largest absolute Gasteiger partial charge is 0.478 e. The van der Waals surface area contributed by atoms with E-state index in [0.717, 1.165) is 34.5 Å². The Morgan fingerprint density at radius 1 is 1.18 bits per heavy atom. The minimum absolute atomic E-state index is 0.0649. The molecule has 7 heteroatoms. The fourth-order valence-corrected chi connectivity index (χ4v) is 5.25. The van der Waals surface area contributed by atoms with Crippen LogP contribution in [0.2, 0.25) is 0 Å². The zero-order chi connectivity index (χ0) is 24.1. The molecule has 0 saturated carbocycles. The van der Waals surface area contributed by atoms with Crippen LogP contribution in [-0.4, -0.2) is 34.7 Å². The lowest BCUT2D eigenvalue weighted by Crippen LogP contribution is -2.46. The molecule has 2 unspecified atom stereocenters. The van der Waals surface area contributed by atoms with Crippen LogP contribution in [0.3, 0.4) is 0 Å². The summed E-state index contributed by atoms with van der Waals surface area (Å²) in [7, 11) is 0. The first-order valence-electron chi connectivity index (χ1n) is 11.5. The van der Waals surface area contributed by atoms with Crippen molar-refractivity contribution in [2.75, 3.05) is 11.5 Å². The van der Waals surface area contributed by atoms with Crippen LogP contribution in [0.1, 0.15) is 56.6 Å². The van der Waals surface area contributed by atoms with Crippen molar-refractivity contribution in [2.24, 2.45) is 0 Å². The summed E-state index contributed by atoms with van der Waals surface area (Å²) in [6, 6.07) is 18.3. The quantitative estimate of drug-likeness (QED) is 0.444. The van der Waals surface area contributed by atoms with Crippen molar-refractivity contribution in [2.45, 2.75) is 51.4 Å². The number of hydrogen-bond acceptors (Lipinski definition) is 5. The van der Waals surface area contributed by atoms with Crippen LogP contribution in [0.5, 0.6) is 0 Å². The van der Waals surface area contributed by atoms with Crippen LogP contribution >= 0.6 is 11.3 Å². The van der Waals surface area contributed by atoms with E-state index in [2.05, 4.69) is 13.0 Å². The average molecular weight is 480 g/mol. The Hall–Kier alpha value is -3.00. The van der Waals surface area contributed by atoms with Crippen LogP contribution in [0.15, 0.2) is 60.7 Å². The number of aliphatic hydroxyl groups is 1. The predicted octanol–water partition coefficient (Wildman–Crippen LogP) is 5.13. The molecular formula is C27H29NO5S. The molecule has 178 valence electrons. The highest BCUT2D eigenvalue weighted by molar-refractivity contribution is 7.11. The van der Waals surface area contributed by atoms with Crippen molar-refractivity contribution in [3.63, 3.8) is 0 Å². The van der Waals surface area contributed by atoms with Crippen molar-refractivity contribution in [3.8, 4) is 0 Å². The minimum Gasteiger partial charge on any atom is -0.478 e. The van der Waals surface area contributed by atoms with Gasteiger partial charge in [0.15, 0.2) is 0 Å². The van der Waals surface area contributed by atoms with E-state index < -0.39 is 12.1 Å². The Bertz CT molecular complexity index is 1140. The molecule has 1 amide bonds. The Labute approximate surface area is 203 Å². The predicted molar refractivity (Wildman–Crippen MR) is 132 cm³/mol. The van der Waals surface area contributed by atoms with E-state index in [9.17, 15) is 14.7 Å². The van der Waals surface area contributed by atoms with Gasteiger partial charge in [-0.1, -0.05) is 24.3 Å². The third-order valence-corrected chi connectivity index (χ3v) is 7.08. The maximum absolute atomic E-state index is 12.8. The minimum atomic E-state index is -0.968. The first kappa shape index (κ1) is 24.1. The van der Waals surface area contributed by atoms with E-state index in [1.807, 2.05) is 36.4 Å². The lowest BCUT2D eigenvalue weighted by atomic mass is 9.99. The van der Waals surface area contributed by atoms with Crippen LogP contribution in [0, 0.1) is 6.92 Å². The van der Waals surface area contributed by atoms with E-state index in [4.69, 9.17) is 9.84 Å². The smallest absolute Gasteiger partial charge is 0.335 e. The van der Waals surface area contributed by atoms with Gasteiger partial charge in [-0.3, -0.25) is 4.79 Å². The lowest BCUT2D eigenvalue weighted by molar-refractivity contribution is -0.120. The number of aliphatic hydroxyl groups excluding tert-OH is 1. The summed E-state index contributed by atoms with van der Waals surface area (Å²) in [4.78, 5) is 28.1. The Kier molecular flexibility index (Phi) is 7.77. The molecule has 1 fully saturated rings. The molecule has 2 aromatic carbocycles. The Morgan fingerprint density at radius 3 is 2.68 bits per heavy atom. The topological polar surface area (TPSA) is 87.1 Å². The van der Waals surface area contributed by atoms with Crippen LogP contribution < -0.4 is 4.90 Å². The molecular weight excluding hydrogens is 450 g/mol. The Balaban J connectivity index is 1.40. The standard InChI is InChI=1S/C27H29NO5S/c1-18-8-13-24(34-18)15-25(29)20-9-11-22(12-10-20)28-23(6-3-7-26(28)30)17-33-16-19-4-2-5-21(14-19)27(31)32/h2,4-5,8-14,23,25,29H,3,6-7,15-17H2,1H3,(H,31,32). The molecule has 1 aliphatic heterocycles. The zero-order valence-electron chi connectivity index (χ0n) is 19.1. The molecule has 2 heterocycles. The molecule has 1 aliphatic rings. The summed E-state index contributed by atoms with van der Waals surface area (Å²) in [6.07, 6.45) is 2.13. The summed E-state index contributed by atoms with van der Waals surface area (Å²) in [5.74, 6) is -0.903. The molecule has 2 N–H and O–H groups in total. The van der Waals surface area contributed by atoms with Gasteiger partial charge in [0.05, 0.1) is 30.9 Å². The van der Waals surface area contributed by atoms with Gasteiger partial charge in [-0.2, -0.15) is 0 Å². The third-order valence-electron chi connectivity index (χ3n) is 6.06. The van der Waals surface area contributed by atoms with Crippen LogP contribution in [0.4, 0.5) is 5.69 Å². The van der Waals surface area contributed by atoms with E-state index in [-0.39, 0.29) is 24.1 Å². The normalized spacial score (nSPS) is 17.1. The second kappa shape index (κ2) is 11.0. The van der Waals surface area contributed by atoms with Gasteiger partial charge in [0, 0.05) is 28.3 Å². The Morgan fingerprint density at radius 2 is 1.97 bits per heavy atom. The lowest BCUT2D eigenvalue weighted by Gasteiger charge is -2.35. The van der Waals surface area contributed by atoms with Gasteiger partial charge in [0.2, 0.25) is 5.91 Å². The number of ether oxygens (including phenoxy) is 1. The number of anilines is 1. The molecule has 0 radical (unpaired) electrons. The SMILES string of the molecule is Cc1ccc(CC(O)c2ccc(N3C(=O)CCCC3COCc3cccc(C(=O)O)c3)cc2)s1. The highest BCUT2D eigenvalue weighted by Crippen LogP contribution is 2.29. The number of carboxylic acid groups (broad SMARTS) is 1. The van der Waals surface area contributed by atoms with Crippen molar-refractivity contribution >= 4 is 28.9 Å². The molecule has 34 heavy (non-hydrogen) atoms. The van der Waals surface area contributed by atoms with Crippen molar-refractivity contribution in [1.29, 1.82) is 0 Å². The van der Waals surface area contributed by atoms with Gasteiger partial charge in [0.1, 0.15) is 0 Å². The molecule has 1 aromatic heterocycles. The van der Waals surface area contributed by atoms with Crippen LogP contribution in [0.25, 0.3) is 0 Å². The van der Waals surface area contributed by atoms with E-state index >= 15 is 0 Å². The number of carboxylic acids is 1. The number of carbonyl (C=O) groups excluding carboxylic acids is 1. The second-order valence-corrected chi connectivity index (χ2v) is 10.0. The number of benzene rings is 2. The maximum atomic E-state index is 12.8. The summed E-state index contributed by atoms with van der Waals surface area (Å²) in [6.45, 7) is 2.70. The van der Waals surface area contributed by atoms with Gasteiger partial charge in [-0.05, 0) is 67.3 Å². The average Bonchev–Trinajstić information content (AvgIpc) is 3.24. The number of aromatic carboxylic acids is 1. The first-order valence-corrected chi connectivity index (χ1v) is 12.3. The van der Waals surface area contributed by atoms with Gasteiger partial charge < -0.3 is 19.8 Å². The molecule has 0 bridgehead atoms. The monoisotopic (exact) mass is 479 g/mol. The molecule has 0 spiro atoms. The number of amides is 1. The fraction of sp³-hybridized carbons (Fsp3) is 0.333. The van der Waals surface area contributed by atoms with Gasteiger partial charge in [-0.15, -0.1) is 11.3 Å². The molecule has 4 rings (SSSR count). The molecule has 3 aromatic rings. The summed E-state index contributed by atoms with van der Waals surface area (Å²) in [5, 5.41) is 19.8. The number of nitrogens with zero attached hydrogens (tertiary/aromatic N) is 1. The highest BCUT2D eigenvalue weighted by atomic mass is 32.1. The summed E-state index contributed by atoms with van der Waals surface area (Å²) in [5.41, 5.74) is 2.64. The molecule has 1 saturated heterocycles. The third kappa shape index (κ3) is 5.91. The zero-order valence-corrected chi connectivity index (χ0v) is 20.0. The summed E-state index contributed by atoms with van der Waals surface area (Å²) < 4.78 is 5.90. The van der Waals surface area contributed by atoms with Gasteiger partial charge >= 0.3 is 5.97 Å².